The van der Waals surface area contributed by atoms with Gasteiger partial charge in [-0.3, -0.25) is 9.59 Å². The van der Waals surface area contributed by atoms with Crippen molar-refractivity contribution in [3.8, 4) is 0 Å². The molecule has 0 aromatic heterocycles. The van der Waals surface area contributed by atoms with Gasteiger partial charge in [0.05, 0.1) is 7.11 Å². The van der Waals surface area contributed by atoms with Crippen LogP contribution in [0.5, 0.6) is 0 Å². The number of hydrogen-bond acceptors (Lipinski definition) is 3. The van der Waals surface area contributed by atoms with Gasteiger partial charge in [-0.05, 0) is 24.7 Å². The predicted molar refractivity (Wildman–Crippen MR) is 50.5 cm³/mol. The summed E-state index contributed by atoms with van der Waals surface area (Å²) in [5, 5.41) is 0. The molecule has 0 spiro atoms. The van der Waals surface area contributed by atoms with Crippen LogP contribution in [0.4, 0.5) is 0 Å². The number of fused-ring (bicyclic) bond motifs is 1. The fourth-order valence-electron chi connectivity index (χ4n) is 2.59. The summed E-state index contributed by atoms with van der Waals surface area (Å²) in [4.78, 5) is 23.0. The third-order valence-corrected chi connectivity index (χ3v) is 3.31. The number of rotatable bonds is 1. The maximum Gasteiger partial charge on any atom is 0.316 e. The predicted octanol–water partition coefficient (Wildman–Crippen LogP) is 1.33. The van der Waals surface area contributed by atoms with Crippen molar-refractivity contribution in [3.63, 3.8) is 0 Å². The summed E-state index contributed by atoms with van der Waals surface area (Å²) in [6.45, 7) is 0. The number of ketones is 1. The number of allylic oxidation sites excluding steroid dienone is 2. The van der Waals surface area contributed by atoms with Crippen LogP contribution in [0.15, 0.2) is 12.2 Å². The molecule has 0 N–H and O–H groups in total. The Labute approximate surface area is 83.1 Å². The van der Waals surface area contributed by atoms with E-state index >= 15 is 0 Å². The van der Waals surface area contributed by atoms with Crippen LogP contribution in [0, 0.1) is 17.8 Å². The first-order valence-corrected chi connectivity index (χ1v) is 4.99. The van der Waals surface area contributed by atoms with E-state index in [0.29, 0.717) is 12.3 Å². The SMILES string of the molecule is COC(=O)C1C(=O)CC2CC=CC[C@H]21. The van der Waals surface area contributed by atoms with Gasteiger partial charge in [0.2, 0.25) is 0 Å². The van der Waals surface area contributed by atoms with Crippen LogP contribution in [0.2, 0.25) is 0 Å². The van der Waals surface area contributed by atoms with Crippen molar-refractivity contribution in [1.29, 1.82) is 0 Å². The fourth-order valence-corrected chi connectivity index (χ4v) is 2.59. The first kappa shape index (κ1) is 9.44. The van der Waals surface area contributed by atoms with E-state index in [1.807, 2.05) is 0 Å². The summed E-state index contributed by atoms with van der Waals surface area (Å²) in [6.07, 6.45) is 6.50. The molecule has 0 bridgehead atoms. The molecule has 3 nitrogen and oxygen atoms in total. The zero-order chi connectivity index (χ0) is 10.1. The van der Waals surface area contributed by atoms with Crippen molar-refractivity contribution in [2.24, 2.45) is 17.8 Å². The van der Waals surface area contributed by atoms with Crippen molar-refractivity contribution in [2.45, 2.75) is 19.3 Å². The van der Waals surface area contributed by atoms with Crippen LogP contribution >= 0.6 is 0 Å². The molecular formula is C11H14O3. The second-order valence-electron chi connectivity index (χ2n) is 4.04. The lowest BCUT2D eigenvalue weighted by Crippen LogP contribution is -2.28. The number of Topliss-reactive ketones (excluding diaryl/α,β-unsaturated/α-hetero) is 1. The van der Waals surface area contributed by atoms with Crippen LogP contribution < -0.4 is 0 Å². The average molecular weight is 194 g/mol. The second-order valence-corrected chi connectivity index (χ2v) is 4.04. The Balaban J connectivity index is 2.19. The van der Waals surface area contributed by atoms with Gasteiger partial charge in [0, 0.05) is 6.42 Å². The van der Waals surface area contributed by atoms with Crippen molar-refractivity contribution < 1.29 is 14.3 Å². The van der Waals surface area contributed by atoms with Crippen molar-refractivity contribution in [1.82, 2.24) is 0 Å². The normalized spacial score (nSPS) is 35.5. The molecule has 2 aliphatic carbocycles. The zero-order valence-electron chi connectivity index (χ0n) is 8.23. The average Bonchev–Trinajstić information content (AvgIpc) is 2.53. The molecule has 0 saturated heterocycles. The quantitative estimate of drug-likeness (QED) is 0.359. The molecule has 3 atom stereocenters. The molecule has 3 heteroatoms. The Morgan fingerprint density at radius 2 is 2.14 bits per heavy atom. The largest absolute Gasteiger partial charge is 0.468 e. The molecule has 0 aromatic rings. The maximum atomic E-state index is 11.6. The van der Waals surface area contributed by atoms with E-state index in [1.54, 1.807) is 0 Å². The highest BCUT2D eigenvalue weighted by atomic mass is 16.5. The molecule has 0 amide bonds. The van der Waals surface area contributed by atoms with Gasteiger partial charge < -0.3 is 4.74 Å². The molecule has 0 radical (unpaired) electrons. The highest BCUT2D eigenvalue weighted by Crippen LogP contribution is 2.41. The van der Waals surface area contributed by atoms with E-state index in [-0.39, 0.29) is 17.7 Å². The van der Waals surface area contributed by atoms with Crippen molar-refractivity contribution in [2.75, 3.05) is 7.11 Å². The molecule has 76 valence electrons. The lowest BCUT2D eigenvalue weighted by molar-refractivity contribution is -0.149. The van der Waals surface area contributed by atoms with E-state index in [9.17, 15) is 9.59 Å². The van der Waals surface area contributed by atoms with Gasteiger partial charge in [-0.15, -0.1) is 0 Å². The number of hydrogen-bond donors (Lipinski definition) is 0. The highest BCUT2D eigenvalue weighted by molar-refractivity contribution is 6.01. The minimum absolute atomic E-state index is 0.0653. The molecule has 1 saturated carbocycles. The molecule has 2 unspecified atom stereocenters. The van der Waals surface area contributed by atoms with E-state index in [2.05, 4.69) is 16.9 Å². The molecule has 2 aliphatic rings. The molecular weight excluding hydrogens is 180 g/mol. The van der Waals surface area contributed by atoms with Crippen LogP contribution in [0.1, 0.15) is 19.3 Å². The zero-order valence-corrected chi connectivity index (χ0v) is 8.23. The fraction of sp³-hybridized carbons (Fsp3) is 0.636. The molecule has 14 heavy (non-hydrogen) atoms. The van der Waals surface area contributed by atoms with Gasteiger partial charge >= 0.3 is 5.97 Å². The summed E-state index contributed by atoms with van der Waals surface area (Å²) in [6, 6.07) is 0. The van der Waals surface area contributed by atoms with Crippen LogP contribution in [-0.4, -0.2) is 18.9 Å². The van der Waals surface area contributed by atoms with Crippen molar-refractivity contribution >= 4 is 11.8 Å². The minimum atomic E-state index is -0.491. The lowest BCUT2D eigenvalue weighted by Gasteiger charge is -2.23. The van der Waals surface area contributed by atoms with E-state index in [0.717, 1.165) is 12.8 Å². The van der Waals surface area contributed by atoms with E-state index in [4.69, 9.17) is 0 Å². The lowest BCUT2D eigenvalue weighted by atomic mass is 9.81. The number of carbonyl (C=O) groups excluding carboxylic acids is 2. The Morgan fingerprint density at radius 1 is 1.43 bits per heavy atom. The maximum absolute atomic E-state index is 11.6. The van der Waals surface area contributed by atoms with Gasteiger partial charge in [-0.25, -0.2) is 0 Å². The topological polar surface area (TPSA) is 43.4 Å². The summed E-state index contributed by atoms with van der Waals surface area (Å²) >= 11 is 0. The highest BCUT2D eigenvalue weighted by Gasteiger charge is 2.46. The van der Waals surface area contributed by atoms with E-state index in [1.165, 1.54) is 7.11 Å². The second kappa shape index (κ2) is 3.56. The first-order chi connectivity index (χ1) is 6.74. The van der Waals surface area contributed by atoms with Gasteiger partial charge in [-0.1, -0.05) is 12.2 Å². The standard InChI is InChI=1S/C11H14O3/c1-14-11(13)10-8-5-3-2-4-7(8)6-9(10)12/h2-3,7-8,10H,4-6H2,1H3/t7?,8-,10?/m1/s1. The summed E-state index contributed by atoms with van der Waals surface area (Å²) in [5.41, 5.74) is 0. The number of carbonyl (C=O) groups is 2. The summed E-state index contributed by atoms with van der Waals surface area (Å²) < 4.78 is 4.67. The molecule has 2 rings (SSSR count). The Hall–Kier alpha value is -1.12. The van der Waals surface area contributed by atoms with E-state index < -0.39 is 5.92 Å². The Kier molecular flexibility index (Phi) is 2.40. The Bertz CT molecular complexity index is 293. The van der Waals surface area contributed by atoms with Crippen LogP contribution in [0.25, 0.3) is 0 Å². The third kappa shape index (κ3) is 1.37. The van der Waals surface area contributed by atoms with Gasteiger partial charge in [0.15, 0.2) is 0 Å². The summed E-state index contributed by atoms with van der Waals surface area (Å²) in [7, 11) is 1.35. The molecule has 0 aliphatic heterocycles. The smallest absolute Gasteiger partial charge is 0.316 e. The molecule has 0 aromatic carbocycles. The third-order valence-electron chi connectivity index (χ3n) is 3.31. The number of methoxy groups -OCH3 is 1. The summed E-state index contributed by atoms with van der Waals surface area (Å²) in [5.74, 6) is -0.208. The Morgan fingerprint density at radius 3 is 2.86 bits per heavy atom. The number of esters is 1. The van der Waals surface area contributed by atoms with Gasteiger partial charge in [0.25, 0.3) is 0 Å². The molecule has 1 fully saturated rings. The minimum Gasteiger partial charge on any atom is -0.468 e. The first-order valence-electron chi connectivity index (χ1n) is 4.99. The van der Waals surface area contributed by atoms with Crippen LogP contribution in [0.3, 0.4) is 0 Å². The molecule has 0 heterocycles. The van der Waals surface area contributed by atoms with Gasteiger partial charge in [0.1, 0.15) is 11.7 Å². The monoisotopic (exact) mass is 194 g/mol. The van der Waals surface area contributed by atoms with Crippen molar-refractivity contribution in [3.05, 3.63) is 12.2 Å². The van der Waals surface area contributed by atoms with Crippen LogP contribution in [-0.2, 0) is 14.3 Å². The van der Waals surface area contributed by atoms with Gasteiger partial charge in [-0.2, -0.15) is 0 Å². The number of ether oxygens (including phenoxy) is 1.